The average Bonchev–Trinajstić information content (AvgIpc) is 3.02. The molecule has 0 unspecified atom stereocenters. The predicted octanol–water partition coefficient (Wildman–Crippen LogP) is 2.19. The van der Waals surface area contributed by atoms with Crippen LogP contribution in [0.15, 0.2) is 18.2 Å². The van der Waals surface area contributed by atoms with Crippen LogP contribution < -0.4 is 16.4 Å². The fourth-order valence-corrected chi connectivity index (χ4v) is 3.07. The van der Waals surface area contributed by atoms with Crippen LogP contribution in [0.1, 0.15) is 31.2 Å². The molecular formula is C16H19F3N4O4. The smallest absolute Gasteiger partial charge is 0.379 e. The molecule has 2 atom stereocenters. The van der Waals surface area contributed by atoms with Crippen molar-refractivity contribution in [3.05, 3.63) is 33.9 Å². The molecule has 1 aliphatic carbocycles. The van der Waals surface area contributed by atoms with Crippen LogP contribution in [0.2, 0.25) is 0 Å². The van der Waals surface area contributed by atoms with E-state index in [0.29, 0.717) is 18.9 Å². The van der Waals surface area contributed by atoms with E-state index in [1.165, 1.54) is 0 Å². The number of benzene rings is 1. The number of anilines is 1. The highest BCUT2D eigenvalue weighted by atomic mass is 19.4. The number of carbonyl (C=O) groups excluding carboxylic acids is 2. The summed E-state index contributed by atoms with van der Waals surface area (Å²) in [4.78, 5) is 33.4. The molecule has 2 rings (SSSR count). The molecule has 0 spiro atoms. The standard InChI is InChI=1S/C16H19F3N4O4/c17-16(18,19)9-4-5-12(13(8-9)23(26)27)21-7-6-14(24)22-11-3-1-2-10(11)15(20)25/h4-5,8,10-11,21H,1-3,6-7H2,(H2,20,25)(H,22,24)/t10-,11+/m0/s1. The van der Waals surface area contributed by atoms with Gasteiger partial charge in [-0.05, 0) is 25.0 Å². The summed E-state index contributed by atoms with van der Waals surface area (Å²) in [6, 6.07) is 1.79. The van der Waals surface area contributed by atoms with Crippen LogP contribution in [0.25, 0.3) is 0 Å². The molecule has 4 N–H and O–H groups in total. The van der Waals surface area contributed by atoms with Gasteiger partial charge in [0.2, 0.25) is 11.8 Å². The molecule has 0 heterocycles. The monoisotopic (exact) mass is 388 g/mol. The van der Waals surface area contributed by atoms with Crippen LogP contribution >= 0.6 is 0 Å². The number of primary amides is 1. The summed E-state index contributed by atoms with van der Waals surface area (Å²) in [5, 5.41) is 16.3. The van der Waals surface area contributed by atoms with Crippen molar-refractivity contribution in [2.45, 2.75) is 37.9 Å². The zero-order valence-corrected chi connectivity index (χ0v) is 14.2. The third-order valence-electron chi connectivity index (χ3n) is 4.42. The van der Waals surface area contributed by atoms with Gasteiger partial charge >= 0.3 is 6.18 Å². The van der Waals surface area contributed by atoms with E-state index in [0.717, 1.165) is 18.6 Å². The van der Waals surface area contributed by atoms with E-state index in [9.17, 15) is 32.9 Å². The van der Waals surface area contributed by atoms with Crippen LogP contribution in [0.5, 0.6) is 0 Å². The van der Waals surface area contributed by atoms with Gasteiger partial charge in [0, 0.05) is 25.1 Å². The van der Waals surface area contributed by atoms with Crippen LogP contribution in [-0.4, -0.2) is 29.3 Å². The number of hydrogen-bond acceptors (Lipinski definition) is 5. The van der Waals surface area contributed by atoms with Gasteiger partial charge in [-0.1, -0.05) is 6.42 Å². The van der Waals surface area contributed by atoms with Crippen molar-refractivity contribution in [2.24, 2.45) is 11.7 Å². The number of rotatable bonds is 7. The Hall–Kier alpha value is -2.85. The van der Waals surface area contributed by atoms with Crippen molar-refractivity contribution in [2.75, 3.05) is 11.9 Å². The lowest BCUT2D eigenvalue weighted by atomic mass is 10.0. The summed E-state index contributed by atoms with van der Waals surface area (Å²) in [6.45, 7) is -0.0218. The van der Waals surface area contributed by atoms with E-state index in [1.807, 2.05) is 0 Å². The molecule has 0 radical (unpaired) electrons. The number of nitrogens with zero attached hydrogens (tertiary/aromatic N) is 1. The summed E-state index contributed by atoms with van der Waals surface area (Å²) in [5.41, 5.74) is 3.31. The molecule has 0 saturated heterocycles. The van der Waals surface area contributed by atoms with Gasteiger partial charge in [0.05, 0.1) is 16.4 Å². The first-order chi connectivity index (χ1) is 12.6. The Balaban J connectivity index is 1.93. The number of carbonyl (C=O) groups is 2. The minimum Gasteiger partial charge on any atom is -0.379 e. The van der Waals surface area contributed by atoms with E-state index in [-0.39, 0.29) is 30.6 Å². The predicted molar refractivity (Wildman–Crippen MR) is 89.7 cm³/mol. The van der Waals surface area contributed by atoms with E-state index in [2.05, 4.69) is 10.6 Å². The van der Waals surface area contributed by atoms with Crippen LogP contribution in [0, 0.1) is 16.0 Å². The molecule has 8 nitrogen and oxygen atoms in total. The Morgan fingerprint density at radius 2 is 2.00 bits per heavy atom. The molecule has 27 heavy (non-hydrogen) atoms. The summed E-state index contributed by atoms with van der Waals surface area (Å²) < 4.78 is 38.0. The Morgan fingerprint density at radius 3 is 2.59 bits per heavy atom. The number of nitrogens with two attached hydrogens (primary N) is 1. The third kappa shape index (κ3) is 5.31. The minimum atomic E-state index is -4.69. The van der Waals surface area contributed by atoms with Crippen molar-refractivity contribution in [3.8, 4) is 0 Å². The molecule has 1 aliphatic rings. The number of amides is 2. The second-order valence-electron chi connectivity index (χ2n) is 6.28. The number of hydrogen-bond donors (Lipinski definition) is 3. The fourth-order valence-electron chi connectivity index (χ4n) is 3.07. The van der Waals surface area contributed by atoms with Crippen LogP contribution in [0.4, 0.5) is 24.5 Å². The van der Waals surface area contributed by atoms with Crippen molar-refractivity contribution >= 4 is 23.2 Å². The summed E-state index contributed by atoms with van der Waals surface area (Å²) in [7, 11) is 0. The van der Waals surface area contributed by atoms with Gasteiger partial charge in [0.15, 0.2) is 0 Å². The Morgan fingerprint density at radius 1 is 1.30 bits per heavy atom. The zero-order chi connectivity index (χ0) is 20.2. The highest BCUT2D eigenvalue weighted by Crippen LogP contribution is 2.35. The Kier molecular flexibility index (Phi) is 6.24. The largest absolute Gasteiger partial charge is 0.416 e. The maximum atomic E-state index is 12.7. The highest BCUT2D eigenvalue weighted by Gasteiger charge is 2.33. The van der Waals surface area contributed by atoms with E-state index in [1.54, 1.807) is 0 Å². The molecule has 0 aliphatic heterocycles. The first kappa shape index (κ1) is 20.5. The zero-order valence-electron chi connectivity index (χ0n) is 14.2. The summed E-state index contributed by atoms with van der Waals surface area (Å²) >= 11 is 0. The molecule has 1 aromatic carbocycles. The Bertz CT molecular complexity index is 739. The summed E-state index contributed by atoms with van der Waals surface area (Å²) in [5.74, 6) is -1.27. The second-order valence-corrected chi connectivity index (χ2v) is 6.28. The molecule has 2 amide bonds. The molecule has 1 aromatic rings. The van der Waals surface area contributed by atoms with E-state index < -0.39 is 34.2 Å². The fraction of sp³-hybridized carbons (Fsp3) is 0.500. The van der Waals surface area contributed by atoms with Gasteiger partial charge in [-0.15, -0.1) is 0 Å². The number of nitro groups is 1. The van der Waals surface area contributed by atoms with Gasteiger partial charge in [0.1, 0.15) is 5.69 Å². The SMILES string of the molecule is NC(=O)[C@H]1CCC[C@H]1NC(=O)CCNc1ccc(C(F)(F)F)cc1[N+](=O)[O-]. The number of halogens is 3. The van der Waals surface area contributed by atoms with Crippen molar-refractivity contribution in [1.82, 2.24) is 5.32 Å². The molecule has 0 aromatic heterocycles. The Labute approximate surface area is 152 Å². The van der Waals surface area contributed by atoms with E-state index >= 15 is 0 Å². The number of nitro benzene ring substituents is 1. The van der Waals surface area contributed by atoms with Gasteiger partial charge in [0.25, 0.3) is 5.69 Å². The molecule has 1 fully saturated rings. The summed E-state index contributed by atoms with van der Waals surface area (Å²) in [6.07, 6.45) is -2.75. The lowest BCUT2D eigenvalue weighted by molar-refractivity contribution is -0.384. The lowest BCUT2D eigenvalue weighted by Crippen LogP contribution is -2.42. The topological polar surface area (TPSA) is 127 Å². The molecular weight excluding hydrogens is 369 g/mol. The van der Waals surface area contributed by atoms with Crippen LogP contribution in [-0.2, 0) is 15.8 Å². The van der Waals surface area contributed by atoms with Crippen LogP contribution in [0.3, 0.4) is 0 Å². The van der Waals surface area contributed by atoms with Gasteiger partial charge in [-0.25, -0.2) is 0 Å². The number of nitrogens with one attached hydrogen (secondary N) is 2. The lowest BCUT2D eigenvalue weighted by Gasteiger charge is -2.18. The van der Waals surface area contributed by atoms with Gasteiger partial charge in [-0.3, -0.25) is 19.7 Å². The quantitative estimate of drug-likeness (QED) is 0.487. The average molecular weight is 388 g/mol. The second kappa shape index (κ2) is 8.23. The first-order valence-corrected chi connectivity index (χ1v) is 8.27. The van der Waals surface area contributed by atoms with Gasteiger partial charge < -0.3 is 16.4 Å². The first-order valence-electron chi connectivity index (χ1n) is 8.27. The molecule has 1 saturated carbocycles. The number of alkyl halides is 3. The molecule has 148 valence electrons. The minimum absolute atomic E-state index is 0.0218. The highest BCUT2D eigenvalue weighted by molar-refractivity contribution is 5.81. The molecule has 11 heteroatoms. The maximum Gasteiger partial charge on any atom is 0.416 e. The van der Waals surface area contributed by atoms with Gasteiger partial charge in [-0.2, -0.15) is 13.2 Å². The normalized spacial score (nSPS) is 19.5. The third-order valence-corrected chi connectivity index (χ3v) is 4.42. The van der Waals surface area contributed by atoms with Crippen molar-refractivity contribution in [3.63, 3.8) is 0 Å². The maximum absolute atomic E-state index is 12.7. The van der Waals surface area contributed by atoms with Crippen molar-refractivity contribution < 1.29 is 27.7 Å². The van der Waals surface area contributed by atoms with E-state index in [4.69, 9.17) is 5.73 Å². The molecule has 0 bridgehead atoms. The van der Waals surface area contributed by atoms with Crippen molar-refractivity contribution in [1.29, 1.82) is 0 Å².